The van der Waals surface area contributed by atoms with Crippen LogP contribution in [0.2, 0.25) is 0 Å². The highest BCUT2D eigenvalue weighted by Gasteiger charge is 2.28. The summed E-state index contributed by atoms with van der Waals surface area (Å²) in [6.07, 6.45) is 0.537. The van der Waals surface area contributed by atoms with E-state index in [1.165, 1.54) is 0 Å². The van der Waals surface area contributed by atoms with Crippen LogP contribution >= 0.6 is 0 Å². The summed E-state index contributed by atoms with van der Waals surface area (Å²) in [6, 6.07) is 7.78. The molecule has 4 heteroatoms. The fourth-order valence-corrected chi connectivity index (χ4v) is 2.30. The van der Waals surface area contributed by atoms with Crippen molar-refractivity contribution in [2.75, 3.05) is 20.3 Å². The molecule has 1 aromatic rings. The summed E-state index contributed by atoms with van der Waals surface area (Å²) in [5.41, 5.74) is 1.01. The minimum Gasteiger partial charge on any atom is -0.497 e. The fourth-order valence-electron chi connectivity index (χ4n) is 2.30. The van der Waals surface area contributed by atoms with Crippen molar-refractivity contribution < 1.29 is 14.3 Å². The van der Waals surface area contributed by atoms with Gasteiger partial charge in [0.15, 0.2) is 0 Å². The highest BCUT2D eigenvalue weighted by atomic mass is 16.5. The SMILES string of the molecule is COc1ccc(CC(=O)N2CCOC(C)C2C)cc1. The molecule has 104 valence electrons. The van der Waals surface area contributed by atoms with Crippen LogP contribution < -0.4 is 4.74 Å². The van der Waals surface area contributed by atoms with Gasteiger partial charge in [0.25, 0.3) is 0 Å². The van der Waals surface area contributed by atoms with Crippen molar-refractivity contribution in [2.45, 2.75) is 32.4 Å². The molecule has 0 bridgehead atoms. The Kier molecular flexibility index (Phi) is 4.43. The van der Waals surface area contributed by atoms with Gasteiger partial charge in [0.2, 0.25) is 5.91 Å². The van der Waals surface area contributed by atoms with E-state index in [0.29, 0.717) is 19.6 Å². The monoisotopic (exact) mass is 263 g/mol. The summed E-state index contributed by atoms with van der Waals surface area (Å²) < 4.78 is 10.7. The molecule has 0 N–H and O–H groups in total. The van der Waals surface area contributed by atoms with Crippen molar-refractivity contribution in [1.29, 1.82) is 0 Å². The van der Waals surface area contributed by atoms with Crippen LogP contribution in [-0.2, 0) is 16.0 Å². The van der Waals surface area contributed by atoms with E-state index < -0.39 is 0 Å². The lowest BCUT2D eigenvalue weighted by atomic mass is 10.1. The minimum atomic E-state index is 0.105. The Morgan fingerprint density at radius 2 is 2.05 bits per heavy atom. The second kappa shape index (κ2) is 6.06. The van der Waals surface area contributed by atoms with Crippen molar-refractivity contribution in [3.63, 3.8) is 0 Å². The topological polar surface area (TPSA) is 38.8 Å². The third-order valence-corrected chi connectivity index (χ3v) is 3.72. The molecule has 1 saturated heterocycles. The summed E-state index contributed by atoms with van der Waals surface area (Å²) in [5.74, 6) is 0.970. The predicted octanol–water partition coefficient (Wildman–Crippen LogP) is 1.87. The maximum Gasteiger partial charge on any atom is 0.227 e. The van der Waals surface area contributed by atoms with Crippen molar-refractivity contribution in [3.8, 4) is 5.75 Å². The van der Waals surface area contributed by atoms with E-state index in [1.807, 2.05) is 43.0 Å². The summed E-state index contributed by atoms with van der Waals surface area (Å²) in [6.45, 7) is 5.35. The summed E-state index contributed by atoms with van der Waals surface area (Å²) >= 11 is 0. The van der Waals surface area contributed by atoms with Gasteiger partial charge in [0, 0.05) is 6.54 Å². The summed E-state index contributed by atoms with van der Waals surface area (Å²) in [4.78, 5) is 14.2. The molecule has 4 nitrogen and oxygen atoms in total. The van der Waals surface area contributed by atoms with Crippen molar-refractivity contribution in [3.05, 3.63) is 29.8 Å². The van der Waals surface area contributed by atoms with Crippen LogP contribution in [0.5, 0.6) is 5.75 Å². The number of morpholine rings is 1. The molecule has 0 radical (unpaired) electrons. The van der Waals surface area contributed by atoms with Crippen LogP contribution in [0.4, 0.5) is 0 Å². The third kappa shape index (κ3) is 3.26. The number of benzene rings is 1. The van der Waals surface area contributed by atoms with Gasteiger partial charge >= 0.3 is 0 Å². The van der Waals surface area contributed by atoms with Crippen molar-refractivity contribution in [2.24, 2.45) is 0 Å². The van der Waals surface area contributed by atoms with Gasteiger partial charge in [-0.3, -0.25) is 4.79 Å². The standard InChI is InChI=1S/C15H21NO3/c1-11-12(2)19-9-8-16(11)15(17)10-13-4-6-14(18-3)7-5-13/h4-7,11-12H,8-10H2,1-3H3. The van der Waals surface area contributed by atoms with Crippen molar-refractivity contribution in [1.82, 2.24) is 4.90 Å². The molecule has 0 aromatic heterocycles. The van der Waals surface area contributed by atoms with Gasteiger partial charge in [-0.15, -0.1) is 0 Å². The molecule has 0 aliphatic carbocycles. The highest BCUT2D eigenvalue weighted by Crippen LogP contribution is 2.16. The molecule has 2 rings (SSSR count). The molecule has 19 heavy (non-hydrogen) atoms. The van der Waals surface area contributed by atoms with E-state index in [9.17, 15) is 4.79 Å². The first-order valence-corrected chi connectivity index (χ1v) is 6.66. The predicted molar refractivity (Wildman–Crippen MR) is 73.3 cm³/mol. The van der Waals surface area contributed by atoms with Gasteiger partial charge in [-0.1, -0.05) is 12.1 Å². The zero-order valence-electron chi connectivity index (χ0n) is 11.8. The maximum atomic E-state index is 12.3. The second-order valence-corrected chi connectivity index (χ2v) is 4.93. The zero-order valence-corrected chi connectivity index (χ0v) is 11.8. The molecule has 1 fully saturated rings. The van der Waals surface area contributed by atoms with E-state index in [0.717, 1.165) is 11.3 Å². The van der Waals surface area contributed by atoms with Crippen molar-refractivity contribution >= 4 is 5.91 Å². The average molecular weight is 263 g/mol. The maximum absolute atomic E-state index is 12.3. The lowest BCUT2D eigenvalue weighted by Gasteiger charge is -2.38. The Hall–Kier alpha value is -1.55. The number of ether oxygens (including phenoxy) is 2. The van der Waals surface area contributed by atoms with Gasteiger partial charge in [0.1, 0.15) is 5.75 Å². The molecular formula is C15H21NO3. The van der Waals surface area contributed by atoms with E-state index in [1.54, 1.807) is 7.11 Å². The number of carbonyl (C=O) groups excluding carboxylic acids is 1. The van der Waals surface area contributed by atoms with E-state index in [2.05, 4.69) is 0 Å². The molecule has 1 aliphatic rings. The van der Waals surface area contributed by atoms with Crippen LogP contribution in [0.25, 0.3) is 0 Å². The average Bonchev–Trinajstić information content (AvgIpc) is 2.42. The number of nitrogens with zero attached hydrogens (tertiary/aromatic N) is 1. The zero-order chi connectivity index (χ0) is 13.8. The molecule has 1 aliphatic heterocycles. The van der Waals surface area contributed by atoms with E-state index in [4.69, 9.17) is 9.47 Å². The Morgan fingerprint density at radius 1 is 1.37 bits per heavy atom. The summed E-state index contributed by atoms with van der Waals surface area (Å²) in [5, 5.41) is 0. The number of carbonyl (C=O) groups is 1. The molecule has 0 saturated carbocycles. The first-order chi connectivity index (χ1) is 9.11. The normalized spacial score (nSPS) is 23.2. The van der Waals surface area contributed by atoms with E-state index >= 15 is 0 Å². The second-order valence-electron chi connectivity index (χ2n) is 4.93. The highest BCUT2D eigenvalue weighted by molar-refractivity contribution is 5.79. The number of hydrogen-bond donors (Lipinski definition) is 0. The molecular weight excluding hydrogens is 242 g/mol. The molecule has 0 spiro atoms. The number of methoxy groups -OCH3 is 1. The molecule has 1 amide bonds. The van der Waals surface area contributed by atoms with Gasteiger partial charge in [-0.05, 0) is 31.5 Å². The van der Waals surface area contributed by atoms with Crippen LogP contribution in [0.15, 0.2) is 24.3 Å². The molecule has 1 aromatic carbocycles. The van der Waals surface area contributed by atoms with Gasteiger partial charge in [-0.25, -0.2) is 0 Å². The van der Waals surface area contributed by atoms with Crippen LogP contribution in [0.1, 0.15) is 19.4 Å². The lowest BCUT2D eigenvalue weighted by Crippen LogP contribution is -2.51. The Bertz CT molecular complexity index is 430. The van der Waals surface area contributed by atoms with Gasteiger partial charge < -0.3 is 14.4 Å². The Morgan fingerprint density at radius 3 is 2.68 bits per heavy atom. The summed E-state index contributed by atoms with van der Waals surface area (Å²) in [7, 11) is 1.64. The van der Waals surface area contributed by atoms with Crippen LogP contribution in [-0.4, -0.2) is 43.2 Å². The third-order valence-electron chi connectivity index (χ3n) is 3.72. The first-order valence-electron chi connectivity index (χ1n) is 6.66. The van der Waals surface area contributed by atoms with Crippen LogP contribution in [0.3, 0.4) is 0 Å². The molecule has 1 heterocycles. The fraction of sp³-hybridized carbons (Fsp3) is 0.533. The Labute approximate surface area is 114 Å². The lowest BCUT2D eigenvalue weighted by molar-refractivity contribution is -0.143. The largest absolute Gasteiger partial charge is 0.497 e. The minimum absolute atomic E-state index is 0.105. The smallest absolute Gasteiger partial charge is 0.227 e. The quantitative estimate of drug-likeness (QED) is 0.835. The van der Waals surface area contributed by atoms with E-state index in [-0.39, 0.29) is 18.1 Å². The van der Waals surface area contributed by atoms with Gasteiger partial charge in [0.05, 0.1) is 32.3 Å². The van der Waals surface area contributed by atoms with Crippen LogP contribution in [0, 0.1) is 0 Å². The molecule has 2 atom stereocenters. The number of rotatable bonds is 3. The molecule has 2 unspecified atom stereocenters. The number of amides is 1. The van der Waals surface area contributed by atoms with Gasteiger partial charge in [-0.2, -0.15) is 0 Å². The Balaban J connectivity index is 1.99. The number of hydrogen-bond acceptors (Lipinski definition) is 3. The first kappa shape index (κ1) is 13.9.